The molecule has 0 aliphatic carbocycles. The highest BCUT2D eigenvalue weighted by molar-refractivity contribution is 7.15. The third-order valence-corrected chi connectivity index (χ3v) is 4.02. The van der Waals surface area contributed by atoms with Crippen molar-refractivity contribution in [1.29, 1.82) is 0 Å². The third-order valence-electron chi connectivity index (χ3n) is 3.03. The molecule has 3 N–H and O–H groups in total. The highest BCUT2D eigenvalue weighted by Gasteiger charge is 2.13. The van der Waals surface area contributed by atoms with Crippen molar-refractivity contribution < 1.29 is 9.32 Å². The van der Waals surface area contributed by atoms with Gasteiger partial charge in [-0.2, -0.15) is 4.98 Å². The van der Waals surface area contributed by atoms with Crippen molar-refractivity contribution in [3.63, 3.8) is 0 Å². The topological polar surface area (TPSA) is 120 Å². The molecule has 3 aromatic rings. The van der Waals surface area contributed by atoms with Crippen molar-refractivity contribution in [2.45, 2.75) is 19.9 Å². The highest BCUT2D eigenvalue weighted by Crippen LogP contribution is 2.20. The van der Waals surface area contributed by atoms with Crippen LogP contribution in [0.2, 0.25) is 0 Å². The van der Waals surface area contributed by atoms with Crippen molar-refractivity contribution in [2.75, 3.05) is 5.73 Å². The predicted molar refractivity (Wildman–Crippen MR) is 84.3 cm³/mol. The number of thiazole rings is 1. The van der Waals surface area contributed by atoms with Crippen LogP contribution in [0, 0.1) is 6.92 Å². The number of aromatic nitrogens is 4. The normalized spacial score (nSPS) is 10.7. The average Bonchev–Trinajstić information content (AvgIpc) is 3.13. The molecule has 0 unspecified atom stereocenters. The Balaban J connectivity index is 1.57. The Hall–Kier alpha value is -2.81. The van der Waals surface area contributed by atoms with E-state index in [9.17, 15) is 4.79 Å². The monoisotopic (exact) mass is 330 g/mol. The first-order chi connectivity index (χ1) is 11.1. The number of aryl methyl sites for hydroxylation is 1. The average molecular weight is 330 g/mol. The first-order valence-electron chi connectivity index (χ1n) is 6.84. The number of anilines is 1. The van der Waals surface area contributed by atoms with Gasteiger partial charge in [0, 0.05) is 11.1 Å². The molecule has 1 amide bonds. The summed E-state index contributed by atoms with van der Waals surface area (Å²) in [5, 5.41) is 7.03. The Bertz CT molecular complexity index is 814. The molecule has 0 aliphatic heterocycles. The Kier molecular flexibility index (Phi) is 4.29. The van der Waals surface area contributed by atoms with E-state index in [1.165, 1.54) is 11.3 Å². The van der Waals surface area contributed by atoms with Crippen LogP contribution in [0.5, 0.6) is 0 Å². The van der Waals surface area contributed by atoms with Gasteiger partial charge in [-0.25, -0.2) is 4.98 Å². The number of carbonyl (C=O) groups excluding carboxylic acids is 1. The maximum absolute atomic E-state index is 11.9. The third kappa shape index (κ3) is 3.69. The standard InChI is InChI=1S/C14H14N6O2S/c1-8-10(23-14(15)18-8)6-11(21)17-7-12-19-13(20-22-12)9-4-2-3-5-16-9/h2-5H,6-7H2,1H3,(H2,15,18)(H,17,21). The van der Waals surface area contributed by atoms with Crippen molar-refractivity contribution in [1.82, 2.24) is 25.4 Å². The first-order valence-corrected chi connectivity index (χ1v) is 7.66. The zero-order chi connectivity index (χ0) is 16.2. The van der Waals surface area contributed by atoms with E-state index in [0.717, 1.165) is 10.6 Å². The Morgan fingerprint density at radius 1 is 1.39 bits per heavy atom. The SMILES string of the molecule is Cc1nc(N)sc1CC(=O)NCc1nc(-c2ccccn2)no1. The van der Waals surface area contributed by atoms with Gasteiger partial charge in [0.05, 0.1) is 18.7 Å². The second kappa shape index (κ2) is 6.53. The van der Waals surface area contributed by atoms with Crippen LogP contribution >= 0.6 is 11.3 Å². The van der Waals surface area contributed by atoms with Gasteiger partial charge >= 0.3 is 0 Å². The van der Waals surface area contributed by atoms with Crippen LogP contribution in [0.1, 0.15) is 16.5 Å². The maximum Gasteiger partial charge on any atom is 0.246 e. The van der Waals surface area contributed by atoms with Crippen LogP contribution < -0.4 is 11.1 Å². The van der Waals surface area contributed by atoms with Crippen LogP contribution in [-0.2, 0) is 17.8 Å². The fourth-order valence-corrected chi connectivity index (χ4v) is 2.75. The molecule has 0 spiro atoms. The van der Waals surface area contributed by atoms with Crippen LogP contribution in [-0.4, -0.2) is 26.0 Å². The summed E-state index contributed by atoms with van der Waals surface area (Å²) in [5.74, 6) is 0.551. The molecule has 8 nitrogen and oxygen atoms in total. The summed E-state index contributed by atoms with van der Waals surface area (Å²) in [6, 6.07) is 5.42. The summed E-state index contributed by atoms with van der Waals surface area (Å²) in [4.78, 5) is 25.2. The largest absolute Gasteiger partial charge is 0.375 e. The lowest BCUT2D eigenvalue weighted by molar-refractivity contribution is -0.120. The molecule has 9 heteroatoms. The number of rotatable bonds is 5. The van der Waals surface area contributed by atoms with Crippen molar-refractivity contribution in [3.8, 4) is 11.5 Å². The fourth-order valence-electron chi connectivity index (χ4n) is 1.92. The number of nitrogens with one attached hydrogen (secondary N) is 1. The summed E-state index contributed by atoms with van der Waals surface area (Å²) >= 11 is 1.31. The predicted octanol–water partition coefficient (Wildman–Crippen LogP) is 1.34. The molecular formula is C14H14N6O2S. The molecule has 0 atom stereocenters. The van der Waals surface area contributed by atoms with Gasteiger partial charge in [-0.05, 0) is 19.1 Å². The number of nitrogens with two attached hydrogens (primary N) is 1. The molecule has 118 valence electrons. The number of hydrogen-bond donors (Lipinski definition) is 2. The van der Waals surface area contributed by atoms with E-state index >= 15 is 0 Å². The first kappa shape index (κ1) is 15.1. The fraction of sp³-hybridized carbons (Fsp3) is 0.214. The summed E-state index contributed by atoms with van der Waals surface area (Å²) in [6.07, 6.45) is 1.87. The van der Waals surface area contributed by atoms with E-state index in [4.69, 9.17) is 10.3 Å². The molecule has 3 aromatic heterocycles. The van der Waals surface area contributed by atoms with Gasteiger partial charge in [-0.1, -0.05) is 11.2 Å². The number of pyridine rings is 1. The molecule has 23 heavy (non-hydrogen) atoms. The Morgan fingerprint density at radius 2 is 2.26 bits per heavy atom. The molecule has 3 heterocycles. The van der Waals surface area contributed by atoms with Gasteiger partial charge in [-0.15, -0.1) is 11.3 Å². The zero-order valence-corrected chi connectivity index (χ0v) is 13.1. The number of hydrogen-bond acceptors (Lipinski definition) is 8. The summed E-state index contributed by atoms with van der Waals surface area (Å²) < 4.78 is 5.10. The zero-order valence-electron chi connectivity index (χ0n) is 12.3. The van der Waals surface area contributed by atoms with Crippen LogP contribution in [0.25, 0.3) is 11.5 Å². The Labute approximate surface area is 135 Å². The minimum Gasteiger partial charge on any atom is -0.375 e. The molecule has 0 aliphatic rings. The molecule has 3 rings (SSSR count). The lowest BCUT2D eigenvalue weighted by Gasteiger charge is -2.00. The lowest BCUT2D eigenvalue weighted by Crippen LogP contribution is -2.24. The summed E-state index contributed by atoms with van der Waals surface area (Å²) in [5.41, 5.74) is 7.01. The molecule has 0 saturated heterocycles. The summed E-state index contributed by atoms with van der Waals surface area (Å²) in [7, 11) is 0. The van der Waals surface area contributed by atoms with E-state index in [-0.39, 0.29) is 18.9 Å². The van der Waals surface area contributed by atoms with Crippen LogP contribution in [0.4, 0.5) is 5.13 Å². The van der Waals surface area contributed by atoms with Crippen molar-refractivity contribution in [3.05, 3.63) is 40.9 Å². The van der Waals surface area contributed by atoms with E-state index in [0.29, 0.717) is 22.5 Å². The maximum atomic E-state index is 11.9. The molecule has 0 bridgehead atoms. The van der Waals surface area contributed by atoms with Gasteiger partial charge < -0.3 is 15.6 Å². The molecule has 0 aromatic carbocycles. The number of amides is 1. The van der Waals surface area contributed by atoms with Crippen molar-refractivity contribution >= 4 is 22.4 Å². The number of carbonyl (C=O) groups is 1. The van der Waals surface area contributed by atoms with E-state index in [1.807, 2.05) is 13.0 Å². The highest BCUT2D eigenvalue weighted by atomic mass is 32.1. The molecule has 0 radical (unpaired) electrons. The summed E-state index contributed by atoms with van der Waals surface area (Å²) in [6.45, 7) is 1.98. The van der Waals surface area contributed by atoms with Gasteiger partial charge in [-0.3, -0.25) is 9.78 Å². The second-order valence-electron chi connectivity index (χ2n) is 4.74. The molecule has 0 saturated carbocycles. The molecule has 0 fully saturated rings. The van der Waals surface area contributed by atoms with Gasteiger partial charge in [0.25, 0.3) is 0 Å². The van der Waals surface area contributed by atoms with Gasteiger partial charge in [0.2, 0.25) is 17.6 Å². The van der Waals surface area contributed by atoms with Crippen LogP contribution in [0.3, 0.4) is 0 Å². The van der Waals surface area contributed by atoms with Crippen LogP contribution in [0.15, 0.2) is 28.9 Å². The van der Waals surface area contributed by atoms with E-state index < -0.39 is 0 Å². The minimum absolute atomic E-state index is 0.158. The smallest absolute Gasteiger partial charge is 0.246 e. The minimum atomic E-state index is -0.158. The number of nitrogens with zero attached hydrogens (tertiary/aromatic N) is 4. The van der Waals surface area contributed by atoms with Gasteiger partial charge in [0.15, 0.2) is 5.13 Å². The Morgan fingerprint density at radius 3 is 2.96 bits per heavy atom. The quantitative estimate of drug-likeness (QED) is 0.724. The number of nitrogen functional groups attached to an aromatic ring is 1. The van der Waals surface area contributed by atoms with Gasteiger partial charge in [0.1, 0.15) is 5.69 Å². The molecular weight excluding hydrogens is 316 g/mol. The van der Waals surface area contributed by atoms with Crippen molar-refractivity contribution in [2.24, 2.45) is 0 Å². The second-order valence-corrected chi connectivity index (χ2v) is 5.86. The van der Waals surface area contributed by atoms with E-state index in [1.54, 1.807) is 18.3 Å². The van der Waals surface area contributed by atoms with E-state index in [2.05, 4.69) is 25.4 Å². The lowest BCUT2D eigenvalue weighted by atomic mass is 10.3.